The first-order valence-electron chi connectivity index (χ1n) is 4.91. The Morgan fingerprint density at radius 3 is 2.18 bits per heavy atom. The molecular weight excluding hydrogens is 224 g/mol. The molecule has 90 valence electrons. The van der Waals surface area contributed by atoms with Gasteiger partial charge < -0.3 is 19.1 Å². The third-order valence-electron chi connectivity index (χ3n) is 2.25. The van der Waals surface area contributed by atoms with Crippen molar-refractivity contribution in [2.75, 3.05) is 14.2 Å². The Balaban J connectivity index is 2.55. The molecule has 0 aliphatic heterocycles. The summed E-state index contributed by atoms with van der Waals surface area (Å²) >= 11 is 0. The highest BCUT2D eigenvalue weighted by atomic mass is 16.5. The summed E-state index contributed by atoms with van der Waals surface area (Å²) in [6.07, 6.45) is 0. The van der Waals surface area contributed by atoms with E-state index in [2.05, 4.69) is 10.1 Å². The van der Waals surface area contributed by atoms with E-state index in [1.807, 2.05) is 0 Å². The van der Waals surface area contributed by atoms with Gasteiger partial charge in [0.2, 0.25) is 5.75 Å². The molecule has 6 nitrogen and oxygen atoms in total. The Morgan fingerprint density at radius 2 is 1.76 bits per heavy atom. The van der Waals surface area contributed by atoms with Gasteiger partial charge >= 0.3 is 0 Å². The summed E-state index contributed by atoms with van der Waals surface area (Å²) in [6.45, 7) is 1.72. The van der Waals surface area contributed by atoms with E-state index < -0.39 is 0 Å². The number of hydrogen-bond acceptors (Lipinski definition) is 6. The van der Waals surface area contributed by atoms with E-state index in [1.54, 1.807) is 19.1 Å². The Hall–Kier alpha value is -2.24. The maximum Gasteiger partial charge on any atom is 0.258 e. The van der Waals surface area contributed by atoms with E-state index in [0.29, 0.717) is 17.3 Å². The van der Waals surface area contributed by atoms with Crippen molar-refractivity contribution in [2.24, 2.45) is 0 Å². The van der Waals surface area contributed by atoms with Crippen molar-refractivity contribution in [3.05, 3.63) is 18.0 Å². The van der Waals surface area contributed by atoms with Gasteiger partial charge in [0.25, 0.3) is 5.89 Å². The first-order valence-corrected chi connectivity index (χ1v) is 4.91. The highest BCUT2D eigenvalue weighted by molar-refractivity contribution is 5.65. The fourth-order valence-corrected chi connectivity index (χ4v) is 1.43. The van der Waals surface area contributed by atoms with E-state index in [1.165, 1.54) is 14.2 Å². The molecule has 0 unspecified atom stereocenters. The fourth-order valence-electron chi connectivity index (χ4n) is 1.43. The van der Waals surface area contributed by atoms with Crippen molar-refractivity contribution in [3.63, 3.8) is 0 Å². The zero-order valence-electron chi connectivity index (χ0n) is 9.72. The van der Waals surface area contributed by atoms with Crippen molar-refractivity contribution in [3.8, 4) is 28.7 Å². The second kappa shape index (κ2) is 4.32. The number of aromatic nitrogens is 2. The number of rotatable bonds is 3. The minimum atomic E-state index is -0.0602. The van der Waals surface area contributed by atoms with Gasteiger partial charge in [0.1, 0.15) is 0 Å². The highest BCUT2D eigenvalue weighted by Gasteiger charge is 2.15. The topological polar surface area (TPSA) is 77.6 Å². The number of nitrogens with zero attached hydrogens (tertiary/aromatic N) is 2. The number of hydrogen-bond donors (Lipinski definition) is 1. The summed E-state index contributed by atoms with van der Waals surface area (Å²) in [5.74, 6) is 1.39. The number of aryl methyl sites for hydroxylation is 1. The summed E-state index contributed by atoms with van der Waals surface area (Å²) < 4.78 is 15.1. The smallest absolute Gasteiger partial charge is 0.258 e. The Kier molecular flexibility index (Phi) is 2.86. The Labute approximate surface area is 97.8 Å². The standard InChI is InChI=1S/C11H12N2O4/c1-6-12-11(17-13-6)7-4-8(15-2)10(14)9(5-7)16-3/h4-5,14H,1-3H3. The van der Waals surface area contributed by atoms with Crippen LogP contribution in [0.1, 0.15) is 5.82 Å². The molecule has 1 aromatic heterocycles. The third kappa shape index (κ3) is 2.01. The maximum atomic E-state index is 9.75. The largest absolute Gasteiger partial charge is 0.502 e. The zero-order chi connectivity index (χ0) is 12.4. The molecule has 0 amide bonds. The predicted octanol–water partition coefficient (Wildman–Crippen LogP) is 1.77. The molecular formula is C11H12N2O4. The number of aromatic hydroxyl groups is 1. The lowest BCUT2D eigenvalue weighted by Crippen LogP contribution is -1.90. The van der Waals surface area contributed by atoms with Crippen LogP contribution in [0.25, 0.3) is 11.5 Å². The normalized spacial score (nSPS) is 10.3. The molecule has 0 saturated carbocycles. The molecule has 1 heterocycles. The molecule has 2 aromatic rings. The van der Waals surface area contributed by atoms with E-state index in [-0.39, 0.29) is 17.2 Å². The van der Waals surface area contributed by atoms with E-state index in [0.717, 1.165) is 0 Å². The van der Waals surface area contributed by atoms with Crippen molar-refractivity contribution in [2.45, 2.75) is 6.92 Å². The molecule has 0 aliphatic rings. The van der Waals surface area contributed by atoms with Crippen LogP contribution in [0.15, 0.2) is 16.7 Å². The van der Waals surface area contributed by atoms with Crippen LogP contribution in [-0.4, -0.2) is 29.5 Å². The van der Waals surface area contributed by atoms with Crippen molar-refractivity contribution >= 4 is 0 Å². The third-order valence-corrected chi connectivity index (χ3v) is 2.25. The van der Waals surface area contributed by atoms with Gasteiger partial charge in [-0.1, -0.05) is 5.16 Å². The molecule has 0 saturated heterocycles. The number of ether oxygens (including phenoxy) is 2. The molecule has 0 atom stereocenters. The molecule has 0 spiro atoms. The Bertz CT molecular complexity index is 511. The van der Waals surface area contributed by atoms with Crippen LogP contribution in [0.3, 0.4) is 0 Å². The average Bonchev–Trinajstić information content (AvgIpc) is 2.76. The lowest BCUT2D eigenvalue weighted by atomic mass is 10.2. The first-order chi connectivity index (χ1) is 8.15. The first kappa shape index (κ1) is 11.3. The summed E-state index contributed by atoms with van der Waals surface area (Å²) in [5, 5.41) is 13.4. The van der Waals surface area contributed by atoms with Gasteiger partial charge in [-0.3, -0.25) is 0 Å². The average molecular weight is 236 g/mol. The molecule has 6 heteroatoms. The molecule has 17 heavy (non-hydrogen) atoms. The Morgan fingerprint density at radius 1 is 1.18 bits per heavy atom. The van der Waals surface area contributed by atoms with Crippen molar-refractivity contribution < 1.29 is 19.1 Å². The summed E-state index contributed by atoms with van der Waals surface area (Å²) in [5.41, 5.74) is 0.622. The second-order valence-corrected chi connectivity index (χ2v) is 3.38. The monoisotopic (exact) mass is 236 g/mol. The van der Waals surface area contributed by atoms with Crippen LogP contribution in [0.5, 0.6) is 17.2 Å². The quantitative estimate of drug-likeness (QED) is 0.875. The summed E-state index contributed by atoms with van der Waals surface area (Å²) in [6, 6.07) is 3.20. The van der Waals surface area contributed by atoms with Crippen LogP contribution in [0, 0.1) is 6.92 Å². The number of methoxy groups -OCH3 is 2. The lowest BCUT2D eigenvalue weighted by molar-refractivity contribution is 0.339. The van der Waals surface area contributed by atoms with Gasteiger partial charge in [0.15, 0.2) is 17.3 Å². The van der Waals surface area contributed by atoms with Gasteiger partial charge in [-0.25, -0.2) is 0 Å². The van der Waals surface area contributed by atoms with Crippen LogP contribution < -0.4 is 9.47 Å². The van der Waals surface area contributed by atoms with Gasteiger partial charge in [-0.2, -0.15) is 4.98 Å². The number of phenolic OH excluding ortho intramolecular Hbond substituents is 1. The van der Waals surface area contributed by atoms with Crippen LogP contribution in [0.2, 0.25) is 0 Å². The summed E-state index contributed by atoms with van der Waals surface area (Å²) in [4.78, 5) is 4.09. The SMILES string of the molecule is COc1cc(-c2nc(C)no2)cc(OC)c1O. The van der Waals surface area contributed by atoms with E-state index in [9.17, 15) is 5.11 Å². The predicted molar refractivity (Wildman–Crippen MR) is 59.2 cm³/mol. The molecule has 0 radical (unpaired) electrons. The molecule has 0 bridgehead atoms. The van der Waals surface area contributed by atoms with Gasteiger partial charge in [-0.05, 0) is 19.1 Å². The highest BCUT2D eigenvalue weighted by Crippen LogP contribution is 2.39. The van der Waals surface area contributed by atoms with Gasteiger partial charge in [0, 0.05) is 5.56 Å². The molecule has 1 N–H and O–H groups in total. The van der Waals surface area contributed by atoms with E-state index >= 15 is 0 Å². The van der Waals surface area contributed by atoms with Gasteiger partial charge in [0.05, 0.1) is 14.2 Å². The molecule has 2 rings (SSSR count). The minimum Gasteiger partial charge on any atom is -0.502 e. The minimum absolute atomic E-state index is 0.0602. The zero-order valence-corrected chi connectivity index (χ0v) is 9.72. The molecule has 0 aliphatic carbocycles. The van der Waals surface area contributed by atoms with Crippen LogP contribution >= 0.6 is 0 Å². The maximum absolute atomic E-state index is 9.75. The number of benzene rings is 1. The van der Waals surface area contributed by atoms with Crippen LogP contribution in [0.4, 0.5) is 0 Å². The summed E-state index contributed by atoms with van der Waals surface area (Å²) in [7, 11) is 2.91. The lowest BCUT2D eigenvalue weighted by Gasteiger charge is -2.09. The fraction of sp³-hybridized carbons (Fsp3) is 0.273. The second-order valence-electron chi connectivity index (χ2n) is 3.38. The molecule has 1 aromatic carbocycles. The number of phenols is 1. The van der Waals surface area contributed by atoms with E-state index in [4.69, 9.17) is 14.0 Å². The van der Waals surface area contributed by atoms with Crippen molar-refractivity contribution in [1.29, 1.82) is 0 Å². The molecule has 0 fully saturated rings. The van der Waals surface area contributed by atoms with Gasteiger partial charge in [-0.15, -0.1) is 0 Å². The van der Waals surface area contributed by atoms with Crippen molar-refractivity contribution in [1.82, 2.24) is 10.1 Å². The van der Waals surface area contributed by atoms with Crippen LogP contribution in [-0.2, 0) is 0 Å².